The molecule has 0 radical (unpaired) electrons. The molecule has 1 N–H and O–H groups in total. The number of likely N-dealkylation sites (N-methyl/N-ethyl adjacent to an activating group) is 1. The standard InChI is InChI=1S/C23H33ClN2O2/c1-26(21-8-3-2-4-9-21)16-22(27)17-28-25-23-10-6-5-7-19(23)15-18-11-13-20(24)14-12-18/h11-15,21-22,27H,2-10,16-17H2,1H3/b19-15+,25-23+/t22-/m1/s1. The molecule has 4 nitrogen and oxygen atoms in total. The maximum absolute atomic E-state index is 10.3. The summed E-state index contributed by atoms with van der Waals surface area (Å²) in [6, 6.07) is 8.45. The number of hydrogen-bond acceptors (Lipinski definition) is 4. The number of allylic oxidation sites excluding steroid dienone is 1. The Kier molecular flexibility index (Phi) is 8.38. The number of nitrogens with zero attached hydrogens (tertiary/aromatic N) is 2. The molecule has 28 heavy (non-hydrogen) atoms. The fourth-order valence-corrected chi connectivity index (χ4v) is 4.32. The maximum atomic E-state index is 10.3. The van der Waals surface area contributed by atoms with Crippen LogP contribution in [-0.4, -0.2) is 48.1 Å². The largest absolute Gasteiger partial charge is 0.393 e. The summed E-state index contributed by atoms with van der Waals surface area (Å²) in [7, 11) is 2.11. The number of halogens is 1. The highest BCUT2D eigenvalue weighted by Crippen LogP contribution is 2.24. The fourth-order valence-electron chi connectivity index (χ4n) is 4.19. The third kappa shape index (κ3) is 6.61. The molecular formula is C23H33ClN2O2. The van der Waals surface area contributed by atoms with Gasteiger partial charge in [-0.05, 0) is 74.9 Å². The number of aliphatic hydroxyl groups excluding tert-OH is 1. The van der Waals surface area contributed by atoms with Gasteiger partial charge >= 0.3 is 0 Å². The van der Waals surface area contributed by atoms with E-state index in [0.29, 0.717) is 12.6 Å². The number of benzene rings is 1. The van der Waals surface area contributed by atoms with Gasteiger partial charge in [-0.25, -0.2) is 0 Å². The first-order valence-electron chi connectivity index (χ1n) is 10.7. The first-order chi connectivity index (χ1) is 13.6. The van der Waals surface area contributed by atoms with Crippen molar-refractivity contribution in [3.63, 3.8) is 0 Å². The molecule has 154 valence electrons. The van der Waals surface area contributed by atoms with E-state index in [1.807, 2.05) is 24.3 Å². The lowest BCUT2D eigenvalue weighted by atomic mass is 9.91. The molecule has 3 rings (SSSR count). The van der Waals surface area contributed by atoms with Gasteiger partial charge in [0.1, 0.15) is 12.7 Å². The minimum Gasteiger partial charge on any atom is -0.393 e. The molecule has 0 aliphatic heterocycles. The summed E-state index contributed by atoms with van der Waals surface area (Å²) in [5.74, 6) is 0. The van der Waals surface area contributed by atoms with E-state index < -0.39 is 6.10 Å². The van der Waals surface area contributed by atoms with E-state index in [9.17, 15) is 5.11 Å². The molecule has 0 heterocycles. The van der Waals surface area contributed by atoms with Crippen molar-refractivity contribution in [3.05, 3.63) is 40.4 Å². The van der Waals surface area contributed by atoms with Crippen LogP contribution in [0.4, 0.5) is 0 Å². The van der Waals surface area contributed by atoms with E-state index in [-0.39, 0.29) is 6.61 Å². The summed E-state index contributed by atoms with van der Waals surface area (Å²) < 4.78 is 0. The highest BCUT2D eigenvalue weighted by atomic mass is 35.5. The predicted molar refractivity (Wildman–Crippen MR) is 117 cm³/mol. The summed E-state index contributed by atoms with van der Waals surface area (Å²) in [5.41, 5.74) is 3.36. The average molecular weight is 405 g/mol. The van der Waals surface area contributed by atoms with Crippen LogP contribution < -0.4 is 0 Å². The SMILES string of the molecule is CN(C[C@@H](O)CO/N=C1\CCCC\C1=C/c1ccc(Cl)cc1)C1CCCCC1. The van der Waals surface area contributed by atoms with Gasteiger partial charge in [0.2, 0.25) is 0 Å². The van der Waals surface area contributed by atoms with Crippen molar-refractivity contribution < 1.29 is 9.94 Å². The number of aliphatic hydroxyl groups is 1. The van der Waals surface area contributed by atoms with Crippen molar-refractivity contribution in [2.75, 3.05) is 20.2 Å². The molecule has 1 aromatic carbocycles. The van der Waals surface area contributed by atoms with Gasteiger partial charge in [-0.15, -0.1) is 0 Å². The van der Waals surface area contributed by atoms with Gasteiger partial charge in [0.15, 0.2) is 0 Å². The van der Waals surface area contributed by atoms with Crippen molar-refractivity contribution in [2.45, 2.75) is 69.9 Å². The van der Waals surface area contributed by atoms with Crippen molar-refractivity contribution >= 4 is 23.4 Å². The Bertz CT molecular complexity index is 666. The zero-order valence-corrected chi connectivity index (χ0v) is 17.7. The van der Waals surface area contributed by atoms with Crippen molar-refractivity contribution in [1.29, 1.82) is 0 Å². The van der Waals surface area contributed by atoms with Gasteiger partial charge in [-0.3, -0.25) is 0 Å². The lowest BCUT2D eigenvalue weighted by Crippen LogP contribution is -2.40. The zero-order valence-electron chi connectivity index (χ0n) is 16.9. The van der Waals surface area contributed by atoms with Crippen LogP contribution in [-0.2, 0) is 4.84 Å². The summed E-state index contributed by atoms with van der Waals surface area (Å²) >= 11 is 5.98. The van der Waals surface area contributed by atoms with Gasteiger partial charge in [-0.2, -0.15) is 0 Å². The Morgan fingerprint density at radius 1 is 1.14 bits per heavy atom. The Hall–Kier alpha value is -1.36. The summed E-state index contributed by atoms with van der Waals surface area (Å²) in [6.45, 7) is 0.887. The molecule has 0 bridgehead atoms. The molecule has 0 saturated heterocycles. The molecule has 0 unspecified atom stereocenters. The molecule has 0 aromatic heterocycles. The number of oxime groups is 1. The third-order valence-corrected chi connectivity index (χ3v) is 6.08. The van der Waals surface area contributed by atoms with Crippen LogP contribution in [0.5, 0.6) is 0 Å². The second kappa shape index (κ2) is 11.0. The van der Waals surface area contributed by atoms with Crippen molar-refractivity contribution in [2.24, 2.45) is 5.16 Å². The van der Waals surface area contributed by atoms with Crippen LogP contribution in [0.3, 0.4) is 0 Å². The maximum Gasteiger partial charge on any atom is 0.144 e. The van der Waals surface area contributed by atoms with Crippen LogP contribution in [0.15, 0.2) is 35.0 Å². The topological polar surface area (TPSA) is 45.1 Å². The van der Waals surface area contributed by atoms with Gasteiger partial charge in [0.05, 0.1) is 5.71 Å². The second-order valence-electron chi connectivity index (χ2n) is 8.15. The quantitative estimate of drug-likeness (QED) is 0.627. The molecule has 5 heteroatoms. The van der Waals surface area contributed by atoms with Crippen LogP contribution in [0, 0.1) is 0 Å². The smallest absolute Gasteiger partial charge is 0.144 e. The molecule has 0 spiro atoms. The van der Waals surface area contributed by atoms with Gasteiger partial charge in [0, 0.05) is 17.6 Å². The van der Waals surface area contributed by atoms with E-state index >= 15 is 0 Å². The van der Waals surface area contributed by atoms with E-state index in [4.69, 9.17) is 16.4 Å². The number of hydrogen-bond donors (Lipinski definition) is 1. The lowest BCUT2D eigenvalue weighted by Gasteiger charge is -2.32. The molecule has 0 amide bonds. The summed E-state index contributed by atoms with van der Waals surface area (Å²) in [4.78, 5) is 7.84. The van der Waals surface area contributed by atoms with Crippen LogP contribution in [0.2, 0.25) is 5.02 Å². The van der Waals surface area contributed by atoms with Crippen molar-refractivity contribution in [3.8, 4) is 0 Å². The highest BCUT2D eigenvalue weighted by Gasteiger charge is 2.20. The van der Waals surface area contributed by atoms with Crippen LogP contribution in [0.25, 0.3) is 6.08 Å². The minimum absolute atomic E-state index is 0.245. The Balaban J connectivity index is 1.51. The van der Waals surface area contributed by atoms with E-state index in [2.05, 4.69) is 23.2 Å². The third-order valence-electron chi connectivity index (χ3n) is 5.83. The minimum atomic E-state index is -0.511. The zero-order chi connectivity index (χ0) is 19.8. The first kappa shape index (κ1) is 21.4. The predicted octanol–water partition coefficient (Wildman–Crippen LogP) is 5.30. The molecule has 1 aromatic rings. The fraction of sp³-hybridized carbons (Fsp3) is 0.609. The lowest BCUT2D eigenvalue weighted by molar-refractivity contribution is 0.0130. The van der Waals surface area contributed by atoms with Gasteiger partial charge < -0.3 is 14.8 Å². The monoisotopic (exact) mass is 404 g/mol. The van der Waals surface area contributed by atoms with Gasteiger partial charge in [-0.1, -0.05) is 48.2 Å². The highest BCUT2D eigenvalue weighted by molar-refractivity contribution is 6.30. The van der Waals surface area contributed by atoms with E-state index in [1.54, 1.807) is 0 Å². The second-order valence-corrected chi connectivity index (χ2v) is 8.58. The normalized spacial score (nSPS) is 22.7. The van der Waals surface area contributed by atoms with E-state index in [1.165, 1.54) is 44.1 Å². The molecule has 1 atom stereocenters. The Morgan fingerprint density at radius 3 is 2.61 bits per heavy atom. The molecule has 2 aliphatic rings. The van der Waals surface area contributed by atoms with Crippen LogP contribution >= 0.6 is 11.6 Å². The average Bonchev–Trinajstić information content (AvgIpc) is 2.71. The number of rotatable bonds is 7. The molecule has 2 fully saturated rings. The summed E-state index contributed by atoms with van der Waals surface area (Å²) in [6.07, 6.45) is 12.3. The molecule has 2 saturated carbocycles. The van der Waals surface area contributed by atoms with Gasteiger partial charge in [0.25, 0.3) is 0 Å². The van der Waals surface area contributed by atoms with E-state index in [0.717, 1.165) is 35.6 Å². The van der Waals surface area contributed by atoms with Crippen LogP contribution in [0.1, 0.15) is 63.4 Å². The Morgan fingerprint density at radius 2 is 1.86 bits per heavy atom. The molecule has 2 aliphatic carbocycles. The van der Waals surface area contributed by atoms with Crippen molar-refractivity contribution in [1.82, 2.24) is 4.90 Å². The molecular weight excluding hydrogens is 372 g/mol. The Labute approximate surface area is 174 Å². The summed E-state index contributed by atoms with van der Waals surface area (Å²) in [5, 5.41) is 15.5. The first-order valence-corrected chi connectivity index (χ1v) is 11.0.